The predicted molar refractivity (Wildman–Crippen MR) is 66.0 cm³/mol. The van der Waals surface area contributed by atoms with Crippen LogP contribution in [0, 0.1) is 0 Å². The lowest BCUT2D eigenvalue weighted by atomic mass is 10.2. The van der Waals surface area contributed by atoms with E-state index in [0.717, 1.165) is 5.56 Å². The zero-order valence-corrected chi connectivity index (χ0v) is 10.2. The number of benzene rings is 1. The largest absolute Gasteiger partial charge is 0.492 e. The van der Waals surface area contributed by atoms with Crippen molar-refractivity contribution in [2.24, 2.45) is 5.73 Å². The topological polar surface area (TPSA) is 61.3 Å². The number of ether oxygens (including phenoxy) is 1. The Morgan fingerprint density at radius 1 is 1.47 bits per heavy atom. The summed E-state index contributed by atoms with van der Waals surface area (Å²) in [5.41, 5.74) is 6.28. The Balaban J connectivity index is 2.30. The van der Waals surface area contributed by atoms with Crippen molar-refractivity contribution in [2.75, 3.05) is 6.61 Å². The second-order valence-corrected chi connectivity index (χ2v) is 3.81. The Morgan fingerprint density at radius 3 is 2.88 bits per heavy atom. The van der Waals surface area contributed by atoms with Crippen molar-refractivity contribution in [2.45, 2.75) is 13.5 Å². The van der Waals surface area contributed by atoms with Gasteiger partial charge in [-0.2, -0.15) is 0 Å². The van der Waals surface area contributed by atoms with Gasteiger partial charge in [0.05, 0.1) is 24.4 Å². The van der Waals surface area contributed by atoms with E-state index in [2.05, 4.69) is 4.98 Å². The summed E-state index contributed by atoms with van der Waals surface area (Å²) in [4.78, 5) is 4.03. The third-order valence-corrected chi connectivity index (χ3v) is 2.54. The van der Waals surface area contributed by atoms with Gasteiger partial charge >= 0.3 is 0 Å². The molecule has 0 atom stereocenters. The summed E-state index contributed by atoms with van der Waals surface area (Å²) < 4.78 is 10.8. The van der Waals surface area contributed by atoms with Crippen molar-refractivity contribution in [3.05, 3.63) is 35.3 Å². The lowest BCUT2D eigenvalue weighted by molar-refractivity contribution is 0.340. The molecular weight excluding hydrogens is 240 g/mol. The summed E-state index contributed by atoms with van der Waals surface area (Å²) in [6.45, 7) is 2.78. The van der Waals surface area contributed by atoms with E-state index in [9.17, 15) is 0 Å². The SMILES string of the molecule is CCOc1ccc(-c2cnc(CN)o2)cc1Cl. The van der Waals surface area contributed by atoms with Crippen LogP contribution < -0.4 is 10.5 Å². The smallest absolute Gasteiger partial charge is 0.208 e. The summed E-state index contributed by atoms with van der Waals surface area (Å²) in [6.07, 6.45) is 1.63. The van der Waals surface area contributed by atoms with Crippen molar-refractivity contribution in [1.82, 2.24) is 4.98 Å². The van der Waals surface area contributed by atoms with E-state index in [4.69, 9.17) is 26.5 Å². The van der Waals surface area contributed by atoms with Crippen LogP contribution in [0.4, 0.5) is 0 Å². The molecule has 90 valence electrons. The van der Waals surface area contributed by atoms with Gasteiger partial charge < -0.3 is 14.9 Å². The van der Waals surface area contributed by atoms with Gasteiger partial charge in [0.2, 0.25) is 5.89 Å². The first kappa shape index (κ1) is 12.0. The summed E-state index contributed by atoms with van der Waals surface area (Å²) in [5.74, 6) is 1.82. The summed E-state index contributed by atoms with van der Waals surface area (Å²) in [7, 11) is 0. The van der Waals surface area contributed by atoms with Gasteiger partial charge in [-0.15, -0.1) is 0 Å². The van der Waals surface area contributed by atoms with Gasteiger partial charge in [-0.05, 0) is 25.1 Å². The third-order valence-electron chi connectivity index (χ3n) is 2.24. The zero-order chi connectivity index (χ0) is 12.3. The van der Waals surface area contributed by atoms with Crippen LogP contribution in [0.2, 0.25) is 5.02 Å². The van der Waals surface area contributed by atoms with Crippen molar-refractivity contribution >= 4 is 11.6 Å². The van der Waals surface area contributed by atoms with E-state index in [1.165, 1.54) is 0 Å². The molecule has 1 aromatic heterocycles. The molecule has 1 heterocycles. The molecule has 1 aromatic carbocycles. The first-order chi connectivity index (χ1) is 8.24. The molecule has 2 aromatic rings. The van der Waals surface area contributed by atoms with E-state index in [1.807, 2.05) is 19.1 Å². The quantitative estimate of drug-likeness (QED) is 0.909. The maximum atomic E-state index is 6.09. The fourth-order valence-electron chi connectivity index (χ4n) is 1.46. The normalized spacial score (nSPS) is 10.5. The first-order valence-corrected chi connectivity index (χ1v) is 5.70. The molecule has 4 nitrogen and oxygen atoms in total. The van der Waals surface area contributed by atoms with Crippen molar-refractivity contribution in [3.8, 4) is 17.1 Å². The van der Waals surface area contributed by atoms with Crippen LogP contribution in [0.25, 0.3) is 11.3 Å². The molecule has 0 unspecified atom stereocenters. The highest BCUT2D eigenvalue weighted by Crippen LogP contribution is 2.30. The third kappa shape index (κ3) is 2.60. The Morgan fingerprint density at radius 2 is 2.29 bits per heavy atom. The van der Waals surface area contributed by atoms with Crippen molar-refractivity contribution < 1.29 is 9.15 Å². The molecule has 0 aliphatic rings. The lowest BCUT2D eigenvalue weighted by Gasteiger charge is -2.06. The first-order valence-electron chi connectivity index (χ1n) is 5.32. The van der Waals surface area contributed by atoms with E-state index in [1.54, 1.807) is 12.3 Å². The van der Waals surface area contributed by atoms with Crippen LogP contribution >= 0.6 is 11.6 Å². The van der Waals surface area contributed by atoms with Crippen LogP contribution in [0.15, 0.2) is 28.8 Å². The summed E-state index contributed by atoms with van der Waals surface area (Å²) in [5, 5.41) is 0.551. The second kappa shape index (κ2) is 5.21. The average molecular weight is 253 g/mol. The summed E-state index contributed by atoms with van der Waals surface area (Å²) >= 11 is 6.09. The van der Waals surface area contributed by atoms with Gasteiger partial charge in [-0.1, -0.05) is 11.6 Å². The monoisotopic (exact) mass is 252 g/mol. The molecule has 0 radical (unpaired) electrons. The minimum absolute atomic E-state index is 0.283. The van der Waals surface area contributed by atoms with Gasteiger partial charge in [0.1, 0.15) is 5.75 Å². The molecule has 2 N–H and O–H groups in total. The Kier molecular flexibility index (Phi) is 3.66. The van der Waals surface area contributed by atoms with Crippen LogP contribution in [0.1, 0.15) is 12.8 Å². The van der Waals surface area contributed by atoms with Crippen LogP contribution in [0.3, 0.4) is 0 Å². The number of aromatic nitrogens is 1. The van der Waals surface area contributed by atoms with E-state index in [-0.39, 0.29) is 6.54 Å². The number of oxazole rings is 1. The van der Waals surface area contributed by atoms with Gasteiger partial charge in [0, 0.05) is 5.56 Å². The lowest BCUT2D eigenvalue weighted by Crippen LogP contribution is -1.94. The van der Waals surface area contributed by atoms with E-state index in [0.29, 0.717) is 29.0 Å². The molecule has 0 aliphatic carbocycles. The van der Waals surface area contributed by atoms with E-state index < -0.39 is 0 Å². The van der Waals surface area contributed by atoms with Crippen molar-refractivity contribution in [3.63, 3.8) is 0 Å². The molecule has 2 rings (SSSR count). The van der Waals surface area contributed by atoms with Crippen LogP contribution in [0.5, 0.6) is 5.75 Å². The van der Waals surface area contributed by atoms with Crippen LogP contribution in [-0.4, -0.2) is 11.6 Å². The number of nitrogens with zero attached hydrogens (tertiary/aromatic N) is 1. The molecule has 0 aliphatic heterocycles. The number of rotatable bonds is 4. The molecule has 0 amide bonds. The van der Waals surface area contributed by atoms with Gasteiger partial charge in [0.25, 0.3) is 0 Å². The number of nitrogens with two attached hydrogens (primary N) is 1. The highest BCUT2D eigenvalue weighted by Gasteiger charge is 2.08. The average Bonchev–Trinajstić information content (AvgIpc) is 2.80. The zero-order valence-electron chi connectivity index (χ0n) is 9.44. The molecule has 0 saturated heterocycles. The molecule has 0 spiro atoms. The maximum absolute atomic E-state index is 6.09. The second-order valence-electron chi connectivity index (χ2n) is 3.40. The Bertz CT molecular complexity index is 511. The fourth-order valence-corrected chi connectivity index (χ4v) is 1.70. The minimum atomic E-state index is 0.283. The molecule has 0 fully saturated rings. The number of halogens is 1. The number of hydrogen-bond donors (Lipinski definition) is 1. The van der Waals surface area contributed by atoms with Crippen molar-refractivity contribution in [1.29, 1.82) is 0 Å². The molecular formula is C12H13ClN2O2. The number of hydrogen-bond acceptors (Lipinski definition) is 4. The molecule has 0 bridgehead atoms. The highest BCUT2D eigenvalue weighted by molar-refractivity contribution is 6.32. The predicted octanol–water partition coefficient (Wildman–Crippen LogP) is 2.85. The standard InChI is InChI=1S/C12H13ClN2O2/c1-2-16-10-4-3-8(5-9(10)13)11-7-15-12(6-14)17-11/h3-5,7H,2,6,14H2,1H3. The summed E-state index contributed by atoms with van der Waals surface area (Å²) in [6, 6.07) is 5.47. The van der Waals surface area contributed by atoms with Gasteiger partial charge in [-0.25, -0.2) is 4.98 Å². The molecule has 17 heavy (non-hydrogen) atoms. The molecule has 5 heteroatoms. The minimum Gasteiger partial charge on any atom is -0.492 e. The Hall–Kier alpha value is -1.52. The Labute approximate surface area is 104 Å². The fraction of sp³-hybridized carbons (Fsp3) is 0.250. The molecule has 0 saturated carbocycles. The highest BCUT2D eigenvalue weighted by atomic mass is 35.5. The van der Waals surface area contributed by atoms with Gasteiger partial charge in [0.15, 0.2) is 5.76 Å². The maximum Gasteiger partial charge on any atom is 0.208 e. The van der Waals surface area contributed by atoms with E-state index >= 15 is 0 Å². The van der Waals surface area contributed by atoms with Crippen LogP contribution in [-0.2, 0) is 6.54 Å². The van der Waals surface area contributed by atoms with Gasteiger partial charge in [-0.3, -0.25) is 0 Å².